The van der Waals surface area contributed by atoms with Crippen molar-refractivity contribution >= 4 is 17.5 Å². The predicted octanol–water partition coefficient (Wildman–Crippen LogP) is 3.16. The van der Waals surface area contributed by atoms with E-state index in [9.17, 15) is 4.79 Å². The van der Waals surface area contributed by atoms with Crippen LogP contribution in [0.5, 0.6) is 5.75 Å². The molecule has 2 heterocycles. The van der Waals surface area contributed by atoms with Crippen molar-refractivity contribution in [1.82, 2.24) is 24.9 Å². The first-order valence-electron chi connectivity index (χ1n) is 8.54. The van der Waals surface area contributed by atoms with Gasteiger partial charge in [-0.05, 0) is 50.1 Å². The van der Waals surface area contributed by atoms with Gasteiger partial charge in [-0.1, -0.05) is 11.6 Å². The Labute approximate surface area is 162 Å². The van der Waals surface area contributed by atoms with E-state index in [1.807, 2.05) is 46.1 Å². The van der Waals surface area contributed by atoms with Gasteiger partial charge < -0.3 is 10.1 Å². The standard InChI is InChI=1S/C19H22ClN5O2/c1-12-7-16(8-13(2)18(12)20)27-11-25-6-5-17(23-25)19(26)21-9-15-10-24(4)22-14(15)3/h5-8,10H,9,11H2,1-4H3,(H,21,26). The summed E-state index contributed by atoms with van der Waals surface area (Å²) in [5.74, 6) is 0.470. The second-order valence-electron chi connectivity index (χ2n) is 6.48. The molecule has 0 atom stereocenters. The number of benzene rings is 1. The summed E-state index contributed by atoms with van der Waals surface area (Å²) in [4.78, 5) is 12.3. The molecule has 7 nitrogen and oxygen atoms in total. The molecule has 0 aliphatic rings. The molecule has 0 saturated heterocycles. The molecule has 142 valence electrons. The van der Waals surface area contributed by atoms with Crippen LogP contribution in [0.4, 0.5) is 0 Å². The molecular formula is C19H22ClN5O2. The molecule has 0 unspecified atom stereocenters. The van der Waals surface area contributed by atoms with Crippen molar-refractivity contribution in [2.45, 2.75) is 34.0 Å². The smallest absolute Gasteiger partial charge is 0.272 e. The third-order valence-corrected chi connectivity index (χ3v) is 4.80. The normalized spacial score (nSPS) is 10.9. The van der Waals surface area contributed by atoms with Gasteiger partial charge in [0.2, 0.25) is 0 Å². The van der Waals surface area contributed by atoms with E-state index in [-0.39, 0.29) is 12.6 Å². The Bertz CT molecular complexity index is 953. The van der Waals surface area contributed by atoms with Gasteiger partial charge in [0.1, 0.15) is 11.4 Å². The number of carbonyl (C=O) groups is 1. The monoisotopic (exact) mass is 387 g/mol. The molecule has 0 aliphatic carbocycles. The number of ether oxygens (including phenoxy) is 1. The number of aromatic nitrogens is 4. The highest BCUT2D eigenvalue weighted by molar-refractivity contribution is 6.32. The first-order chi connectivity index (χ1) is 12.8. The number of halogens is 1. The van der Waals surface area contributed by atoms with Crippen molar-refractivity contribution in [1.29, 1.82) is 0 Å². The molecular weight excluding hydrogens is 366 g/mol. The van der Waals surface area contributed by atoms with Gasteiger partial charge in [-0.2, -0.15) is 10.2 Å². The van der Waals surface area contributed by atoms with Gasteiger partial charge in [-0.15, -0.1) is 0 Å². The Kier molecular flexibility index (Phi) is 5.51. The number of rotatable bonds is 6. The average Bonchev–Trinajstić information content (AvgIpc) is 3.21. The molecule has 3 aromatic rings. The summed E-state index contributed by atoms with van der Waals surface area (Å²) in [6, 6.07) is 5.42. The summed E-state index contributed by atoms with van der Waals surface area (Å²) < 4.78 is 9.05. The van der Waals surface area contributed by atoms with Crippen molar-refractivity contribution in [2.75, 3.05) is 0 Å². The largest absolute Gasteiger partial charge is 0.471 e. The van der Waals surface area contributed by atoms with E-state index in [0.717, 1.165) is 27.4 Å². The lowest BCUT2D eigenvalue weighted by molar-refractivity contribution is 0.0944. The van der Waals surface area contributed by atoms with E-state index < -0.39 is 0 Å². The number of nitrogens with one attached hydrogen (secondary N) is 1. The zero-order valence-corrected chi connectivity index (χ0v) is 16.5. The Morgan fingerprint density at radius 1 is 1.22 bits per heavy atom. The SMILES string of the molecule is Cc1cc(OCn2ccc(C(=O)NCc3cn(C)nc3C)n2)cc(C)c1Cl. The van der Waals surface area contributed by atoms with E-state index in [4.69, 9.17) is 16.3 Å². The van der Waals surface area contributed by atoms with E-state index in [0.29, 0.717) is 18.0 Å². The minimum Gasteiger partial charge on any atom is -0.471 e. The van der Waals surface area contributed by atoms with Gasteiger partial charge in [0, 0.05) is 36.6 Å². The Morgan fingerprint density at radius 2 is 1.93 bits per heavy atom. The van der Waals surface area contributed by atoms with Gasteiger partial charge in [0.05, 0.1) is 5.69 Å². The fourth-order valence-electron chi connectivity index (χ4n) is 2.77. The van der Waals surface area contributed by atoms with Crippen molar-refractivity contribution in [3.8, 4) is 5.75 Å². The second kappa shape index (κ2) is 7.84. The number of hydrogen-bond donors (Lipinski definition) is 1. The Balaban J connectivity index is 1.57. The molecule has 1 amide bonds. The summed E-state index contributed by atoms with van der Waals surface area (Å²) in [6.07, 6.45) is 3.60. The predicted molar refractivity (Wildman–Crippen MR) is 103 cm³/mol. The molecule has 8 heteroatoms. The van der Waals surface area contributed by atoms with Crippen LogP contribution in [0.2, 0.25) is 5.02 Å². The van der Waals surface area contributed by atoms with E-state index in [1.54, 1.807) is 21.6 Å². The van der Waals surface area contributed by atoms with Crippen LogP contribution in [0.25, 0.3) is 0 Å². The molecule has 3 rings (SSSR count). The molecule has 0 spiro atoms. The Hall–Kier alpha value is -2.80. The fraction of sp³-hybridized carbons (Fsp3) is 0.316. The molecule has 0 fully saturated rings. The van der Waals surface area contributed by atoms with Crippen LogP contribution < -0.4 is 10.1 Å². The van der Waals surface area contributed by atoms with Crippen LogP contribution in [0.3, 0.4) is 0 Å². The summed E-state index contributed by atoms with van der Waals surface area (Å²) >= 11 is 6.17. The van der Waals surface area contributed by atoms with Crippen LogP contribution in [-0.4, -0.2) is 25.5 Å². The van der Waals surface area contributed by atoms with Crippen LogP contribution >= 0.6 is 11.6 Å². The first-order valence-corrected chi connectivity index (χ1v) is 8.91. The zero-order valence-electron chi connectivity index (χ0n) is 15.8. The van der Waals surface area contributed by atoms with Crippen LogP contribution in [-0.2, 0) is 20.3 Å². The quantitative estimate of drug-likeness (QED) is 0.705. The number of hydrogen-bond acceptors (Lipinski definition) is 4. The van der Waals surface area contributed by atoms with E-state index >= 15 is 0 Å². The maximum atomic E-state index is 12.3. The van der Waals surface area contributed by atoms with Crippen molar-refractivity contribution in [3.63, 3.8) is 0 Å². The molecule has 2 aromatic heterocycles. The maximum absolute atomic E-state index is 12.3. The topological polar surface area (TPSA) is 74.0 Å². The van der Waals surface area contributed by atoms with Gasteiger partial charge in [0.25, 0.3) is 5.91 Å². The third-order valence-electron chi connectivity index (χ3n) is 4.20. The minimum absolute atomic E-state index is 0.204. The van der Waals surface area contributed by atoms with E-state index in [1.165, 1.54) is 0 Å². The van der Waals surface area contributed by atoms with Crippen LogP contribution in [0.1, 0.15) is 32.9 Å². The molecule has 0 radical (unpaired) electrons. The van der Waals surface area contributed by atoms with Crippen molar-refractivity contribution in [3.05, 3.63) is 63.7 Å². The van der Waals surface area contributed by atoms with Crippen LogP contribution in [0.15, 0.2) is 30.6 Å². The highest BCUT2D eigenvalue weighted by atomic mass is 35.5. The van der Waals surface area contributed by atoms with Crippen molar-refractivity contribution in [2.24, 2.45) is 7.05 Å². The zero-order chi connectivity index (χ0) is 19.6. The lowest BCUT2D eigenvalue weighted by atomic mass is 10.1. The maximum Gasteiger partial charge on any atom is 0.272 e. The number of nitrogens with zero attached hydrogens (tertiary/aromatic N) is 4. The summed E-state index contributed by atoms with van der Waals surface area (Å²) in [5, 5.41) is 12.1. The summed E-state index contributed by atoms with van der Waals surface area (Å²) in [5.41, 5.74) is 4.12. The Morgan fingerprint density at radius 3 is 2.56 bits per heavy atom. The minimum atomic E-state index is -0.241. The van der Waals surface area contributed by atoms with Gasteiger partial charge >= 0.3 is 0 Å². The van der Waals surface area contributed by atoms with Crippen molar-refractivity contribution < 1.29 is 9.53 Å². The van der Waals surface area contributed by atoms with Gasteiger partial charge in [-0.3, -0.25) is 9.48 Å². The lowest BCUT2D eigenvalue weighted by Crippen LogP contribution is -2.23. The molecule has 1 aromatic carbocycles. The molecule has 27 heavy (non-hydrogen) atoms. The number of carbonyl (C=O) groups excluding carboxylic acids is 1. The van der Waals surface area contributed by atoms with Crippen LogP contribution in [0, 0.1) is 20.8 Å². The average molecular weight is 388 g/mol. The molecule has 0 bridgehead atoms. The molecule has 1 N–H and O–H groups in total. The lowest BCUT2D eigenvalue weighted by Gasteiger charge is -2.10. The third kappa shape index (κ3) is 4.49. The second-order valence-corrected chi connectivity index (χ2v) is 6.86. The summed E-state index contributed by atoms with van der Waals surface area (Å²) in [7, 11) is 1.85. The molecule has 0 aliphatic heterocycles. The van der Waals surface area contributed by atoms with Gasteiger partial charge in [-0.25, -0.2) is 4.68 Å². The highest BCUT2D eigenvalue weighted by Gasteiger charge is 2.11. The molecule has 0 saturated carbocycles. The van der Waals surface area contributed by atoms with Gasteiger partial charge in [0.15, 0.2) is 6.73 Å². The first kappa shape index (κ1) is 19.0. The number of aryl methyl sites for hydroxylation is 4. The summed E-state index contributed by atoms with van der Waals surface area (Å²) in [6.45, 7) is 6.39. The highest BCUT2D eigenvalue weighted by Crippen LogP contribution is 2.26. The fourth-order valence-corrected chi connectivity index (χ4v) is 2.88. The number of amides is 1. The van der Waals surface area contributed by atoms with E-state index in [2.05, 4.69) is 15.5 Å².